The Balaban J connectivity index is 1.49. The maximum Gasteiger partial charge on any atom is 0.253 e. The Hall–Kier alpha value is -1.55. The van der Waals surface area contributed by atoms with Gasteiger partial charge < -0.3 is 15.2 Å². The molecule has 23 heavy (non-hydrogen) atoms. The fraction of sp³-hybridized carbons (Fsp3) is 0.632. The normalized spacial score (nSPS) is 35.8. The highest BCUT2D eigenvalue weighted by atomic mass is 16.5. The standard InChI is InChI=1S/C19H25NO3/c1-23-16-4-2-3-15(8-16)17(21)18(22)20-19-9-12-5-13(10-19)7-14(6-12)11-19/h2-4,8,12-14,17,21H,5-7,9-11H2,1H3,(H,20,22). The topological polar surface area (TPSA) is 58.6 Å². The van der Waals surface area contributed by atoms with Gasteiger partial charge in [-0.3, -0.25) is 4.79 Å². The van der Waals surface area contributed by atoms with E-state index in [1.807, 2.05) is 6.07 Å². The molecule has 1 unspecified atom stereocenters. The number of methoxy groups -OCH3 is 1. The molecular weight excluding hydrogens is 290 g/mol. The molecule has 0 spiro atoms. The van der Waals surface area contributed by atoms with E-state index in [2.05, 4.69) is 5.32 Å². The van der Waals surface area contributed by atoms with Gasteiger partial charge in [-0.25, -0.2) is 0 Å². The van der Waals surface area contributed by atoms with Crippen LogP contribution >= 0.6 is 0 Å². The van der Waals surface area contributed by atoms with Crippen LogP contribution in [0, 0.1) is 17.8 Å². The van der Waals surface area contributed by atoms with Gasteiger partial charge in [0.25, 0.3) is 5.91 Å². The molecule has 1 aromatic carbocycles. The first-order chi connectivity index (χ1) is 11.1. The highest BCUT2D eigenvalue weighted by Gasteiger charge is 2.51. The number of amides is 1. The second kappa shape index (κ2) is 5.52. The van der Waals surface area contributed by atoms with Crippen molar-refractivity contribution in [2.24, 2.45) is 17.8 Å². The van der Waals surface area contributed by atoms with Crippen LogP contribution in [0.1, 0.15) is 50.2 Å². The lowest BCUT2D eigenvalue weighted by molar-refractivity contribution is -0.135. The molecule has 4 nitrogen and oxygen atoms in total. The van der Waals surface area contributed by atoms with E-state index < -0.39 is 6.10 Å². The number of rotatable bonds is 4. The second-order valence-corrected chi connectivity index (χ2v) is 7.87. The van der Waals surface area contributed by atoms with Crippen LogP contribution in [-0.4, -0.2) is 23.7 Å². The minimum absolute atomic E-state index is 0.0638. The molecule has 1 aromatic rings. The molecule has 4 aliphatic rings. The largest absolute Gasteiger partial charge is 0.497 e. The Kier molecular flexibility index (Phi) is 3.60. The summed E-state index contributed by atoms with van der Waals surface area (Å²) in [5.41, 5.74) is 0.526. The van der Waals surface area contributed by atoms with E-state index in [1.165, 1.54) is 19.3 Å². The van der Waals surface area contributed by atoms with Gasteiger partial charge in [-0.2, -0.15) is 0 Å². The van der Waals surface area contributed by atoms with Crippen LogP contribution in [0.15, 0.2) is 24.3 Å². The van der Waals surface area contributed by atoms with E-state index in [4.69, 9.17) is 4.74 Å². The van der Waals surface area contributed by atoms with Crippen LogP contribution < -0.4 is 10.1 Å². The van der Waals surface area contributed by atoms with Crippen molar-refractivity contribution in [2.45, 2.75) is 50.2 Å². The van der Waals surface area contributed by atoms with Crippen molar-refractivity contribution in [2.75, 3.05) is 7.11 Å². The lowest BCUT2D eigenvalue weighted by Gasteiger charge is -2.57. The summed E-state index contributed by atoms with van der Waals surface area (Å²) in [7, 11) is 1.58. The predicted molar refractivity (Wildman–Crippen MR) is 87.0 cm³/mol. The van der Waals surface area contributed by atoms with E-state index in [0.29, 0.717) is 11.3 Å². The van der Waals surface area contributed by atoms with E-state index in [0.717, 1.165) is 37.0 Å². The molecule has 0 radical (unpaired) electrons. The number of benzene rings is 1. The van der Waals surface area contributed by atoms with Crippen LogP contribution in [0.4, 0.5) is 0 Å². The summed E-state index contributed by atoms with van der Waals surface area (Å²) in [5.74, 6) is 2.71. The lowest BCUT2D eigenvalue weighted by Crippen LogP contribution is -2.60. The van der Waals surface area contributed by atoms with Crippen molar-refractivity contribution in [3.63, 3.8) is 0 Å². The molecule has 5 rings (SSSR count). The first-order valence-electron chi connectivity index (χ1n) is 8.71. The zero-order chi connectivity index (χ0) is 16.0. The van der Waals surface area contributed by atoms with Crippen molar-refractivity contribution in [1.82, 2.24) is 5.32 Å². The van der Waals surface area contributed by atoms with Gasteiger partial charge in [0.1, 0.15) is 5.75 Å². The van der Waals surface area contributed by atoms with Crippen molar-refractivity contribution >= 4 is 5.91 Å². The van der Waals surface area contributed by atoms with Gasteiger partial charge in [-0.15, -0.1) is 0 Å². The van der Waals surface area contributed by atoms with Crippen molar-refractivity contribution in [1.29, 1.82) is 0 Å². The van der Waals surface area contributed by atoms with Gasteiger partial charge >= 0.3 is 0 Å². The summed E-state index contributed by atoms with van der Waals surface area (Å²) < 4.78 is 5.18. The predicted octanol–water partition coefficient (Wildman–Crippen LogP) is 2.81. The Morgan fingerprint density at radius 2 is 1.83 bits per heavy atom. The second-order valence-electron chi connectivity index (χ2n) is 7.87. The number of hydrogen-bond donors (Lipinski definition) is 2. The van der Waals surface area contributed by atoms with Gasteiger partial charge in [-0.1, -0.05) is 12.1 Å². The smallest absolute Gasteiger partial charge is 0.253 e. The zero-order valence-corrected chi connectivity index (χ0v) is 13.6. The molecule has 4 aliphatic carbocycles. The van der Waals surface area contributed by atoms with E-state index in [-0.39, 0.29) is 11.4 Å². The number of aliphatic hydroxyl groups is 1. The fourth-order valence-electron chi connectivity index (χ4n) is 5.56. The highest BCUT2D eigenvalue weighted by molar-refractivity contribution is 5.82. The minimum atomic E-state index is -1.13. The molecule has 4 heteroatoms. The van der Waals surface area contributed by atoms with Crippen LogP contribution in [0.3, 0.4) is 0 Å². The first-order valence-corrected chi connectivity index (χ1v) is 8.71. The molecule has 1 atom stereocenters. The molecule has 0 saturated heterocycles. The molecule has 0 heterocycles. The summed E-state index contributed by atoms with van der Waals surface area (Å²) in [4.78, 5) is 12.6. The molecule has 0 aliphatic heterocycles. The average Bonchev–Trinajstić information content (AvgIpc) is 2.52. The molecule has 2 N–H and O–H groups in total. The van der Waals surface area contributed by atoms with Gasteiger partial charge in [0.2, 0.25) is 0 Å². The Bertz CT molecular complexity index is 577. The molecule has 4 bridgehead atoms. The summed E-state index contributed by atoms with van der Waals surface area (Å²) in [6, 6.07) is 7.11. The highest BCUT2D eigenvalue weighted by Crippen LogP contribution is 2.55. The van der Waals surface area contributed by atoms with E-state index in [9.17, 15) is 9.90 Å². The van der Waals surface area contributed by atoms with Crippen molar-refractivity contribution in [3.05, 3.63) is 29.8 Å². The summed E-state index contributed by atoms with van der Waals surface area (Å²) >= 11 is 0. The molecule has 4 saturated carbocycles. The maximum atomic E-state index is 12.6. The number of aliphatic hydroxyl groups excluding tert-OH is 1. The maximum absolute atomic E-state index is 12.6. The Morgan fingerprint density at radius 1 is 1.22 bits per heavy atom. The molecule has 124 valence electrons. The summed E-state index contributed by atoms with van der Waals surface area (Å²) in [5, 5.41) is 13.7. The SMILES string of the molecule is COc1cccc(C(O)C(=O)NC23CC4CC(CC(C4)C2)C3)c1. The molecule has 1 amide bonds. The number of hydrogen-bond acceptors (Lipinski definition) is 3. The van der Waals surface area contributed by atoms with Gasteiger partial charge in [0.05, 0.1) is 7.11 Å². The Labute approximate surface area is 137 Å². The van der Waals surface area contributed by atoms with Crippen molar-refractivity contribution in [3.8, 4) is 5.75 Å². The van der Waals surface area contributed by atoms with E-state index in [1.54, 1.807) is 25.3 Å². The van der Waals surface area contributed by atoms with Gasteiger partial charge in [0, 0.05) is 5.54 Å². The fourth-order valence-corrected chi connectivity index (χ4v) is 5.56. The van der Waals surface area contributed by atoms with Crippen LogP contribution in [0.5, 0.6) is 5.75 Å². The molecule has 4 fully saturated rings. The van der Waals surface area contributed by atoms with Gasteiger partial charge in [0.15, 0.2) is 6.10 Å². The van der Waals surface area contributed by atoms with Crippen LogP contribution in [0.2, 0.25) is 0 Å². The third kappa shape index (κ3) is 2.74. The lowest BCUT2D eigenvalue weighted by atomic mass is 9.53. The van der Waals surface area contributed by atoms with Crippen LogP contribution in [-0.2, 0) is 4.79 Å². The zero-order valence-electron chi connectivity index (χ0n) is 13.6. The average molecular weight is 315 g/mol. The monoisotopic (exact) mass is 315 g/mol. The number of nitrogens with one attached hydrogen (secondary N) is 1. The Morgan fingerprint density at radius 3 is 2.39 bits per heavy atom. The van der Waals surface area contributed by atoms with Crippen LogP contribution in [0.25, 0.3) is 0 Å². The minimum Gasteiger partial charge on any atom is -0.497 e. The molecular formula is C19H25NO3. The van der Waals surface area contributed by atoms with Gasteiger partial charge in [-0.05, 0) is 74.0 Å². The molecule has 0 aromatic heterocycles. The third-order valence-electron chi connectivity index (χ3n) is 6.08. The first kappa shape index (κ1) is 15.0. The van der Waals surface area contributed by atoms with E-state index >= 15 is 0 Å². The number of ether oxygens (including phenoxy) is 1. The number of carbonyl (C=O) groups is 1. The quantitative estimate of drug-likeness (QED) is 0.898. The number of carbonyl (C=O) groups excluding carboxylic acids is 1. The third-order valence-corrected chi connectivity index (χ3v) is 6.08. The summed E-state index contributed by atoms with van der Waals surface area (Å²) in [6.45, 7) is 0. The summed E-state index contributed by atoms with van der Waals surface area (Å²) in [6.07, 6.45) is 6.17. The van der Waals surface area contributed by atoms with Crippen molar-refractivity contribution < 1.29 is 14.6 Å².